The molecule has 0 radical (unpaired) electrons. The third kappa shape index (κ3) is 3.80. The maximum Gasteiger partial charge on any atom is 0.338 e. The fourth-order valence-corrected chi connectivity index (χ4v) is 2.85. The number of nitrogens with two attached hydrogens (primary N) is 1. The summed E-state index contributed by atoms with van der Waals surface area (Å²) in [6.07, 6.45) is 0. The van der Waals surface area contributed by atoms with Crippen molar-refractivity contribution < 1.29 is 23.7 Å². The van der Waals surface area contributed by atoms with Gasteiger partial charge in [0.2, 0.25) is 5.88 Å². The Kier molecular flexibility index (Phi) is 6.29. The van der Waals surface area contributed by atoms with E-state index >= 15 is 0 Å². The number of hydrogen-bond acceptors (Lipinski definition) is 8. The number of para-hydroxylation sites is 1. The molecule has 1 aromatic rings. The van der Waals surface area contributed by atoms with Crippen LogP contribution in [0.1, 0.15) is 25.3 Å². The average Bonchev–Trinajstić information content (AvgIpc) is 2.65. The van der Waals surface area contributed by atoms with E-state index in [0.29, 0.717) is 11.3 Å². The maximum absolute atomic E-state index is 12.6. The first-order valence-corrected chi connectivity index (χ1v) is 8.12. The van der Waals surface area contributed by atoms with Crippen LogP contribution in [0, 0.1) is 22.7 Å². The zero-order chi connectivity index (χ0) is 20.0. The molecule has 0 amide bonds. The number of esters is 1. The Morgan fingerprint density at radius 3 is 2.70 bits per heavy atom. The molecule has 0 aromatic heterocycles. The van der Waals surface area contributed by atoms with Crippen molar-refractivity contribution >= 4 is 5.97 Å². The second-order valence-corrected chi connectivity index (χ2v) is 5.44. The molecular formula is C19H19N3O5. The van der Waals surface area contributed by atoms with Crippen molar-refractivity contribution in [3.63, 3.8) is 0 Å². The quantitative estimate of drug-likeness (QED) is 0.756. The molecule has 8 heteroatoms. The zero-order valence-corrected chi connectivity index (χ0v) is 15.2. The second-order valence-electron chi connectivity index (χ2n) is 5.44. The summed E-state index contributed by atoms with van der Waals surface area (Å²) in [4.78, 5) is 12.6. The lowest BCUT2D eigenvalue weighted by molar-refractivity contribution is -0.139. The lowest BCUT2D eigenvalue weighted by atomic mass is 9.82. The lowest BCUT2D eigenvalue weighted by Gasteiger charge is -2.28. The summed E-state index contributed by atoms with van der Waals surface area (Å²) >= 11 is 0. The van der Waals surface area contributed by atoms with Crippen LogP contribution in [0.5, 0.6) is 11.5 Å². The Morgan fingerprint density at radius 2 is 2.11 bits per heavy atom. The van der Waals surface area contributed by atoms with Crippen molar-refractivity contribution in [2.45, 2.75) is 19.8 Å². The zero-order valence-electron chi connectivity index (χ0n) is 15.2. The first kappa shape index (κ1) is 19.7. The highest BCUT2D eigenvalue weighted by Crippen LogP contribution is 2.45. The van der Waals surface area contributed by atoms with Crippen molar-refractivity contribution in [3.8, 4) is 23.6 Å². The topological polar surface area (TPSA) is 128 Å². The van der Waals surface area contributed by atoms with E-state index in [2.05, 4.69) is 0 Å². The van der Waals surface area contributed by atoms with Crippen molar-refractivity contribution in [2.24, 2.45) is 5.73 Å². The molecule has 0 bridgehead atoms. The van der Waals surface area contributed by atoms with Gasteiger partial charge in [0.05, 0.1) is 25.2 Å². The summed E-state index contributed by atoms with van der Waals surface area (Å²) in [5, 5.41) is 18.5. The van der Waals surface area contributed by atoms with Gasteiger partial charge in [-0.3, -0.25) is 0 Å². The molecule has 2 N–H and O–H groups in total. The van der Waals surface area contributed by atoms with Crippen LogP contribution in [0.2, 0.25) is 0 Å². The first-order valence-electron chi connectivity index (χ1n) is 8.12. The van der Waals surface area contributed by atoms with Crippen LogP contribution in [0.15, 0.2) is 41.0 Å². The standard InChI is InChI=1S/C19H19N3O5/c1-4-25-19(23)15-11(2)27-18(22)13(10-21)16(15)12-6-5-7-14(24-3)17(12)26-9-8-20/h5-7,16H,4,9,22H2,1-3H3. The number of nitriles is 2. The Bertz CT molecular complexity index is 890. The van der Waals surface area contributed by atoms with Crippen molar-refractivity contribution in [1.29, 1.82) is 10.5 Å². The summed E-state index contributed by atoms with van der Waals surface area (Å²) < 4.78 is 21.4. The molecule has 2 rings (SSSR count). The summed E-state index contributed by atoms with van der Waals surface area (Å²) in [5.74, 6) is -0.804. The van der Waals surface area contributed by atoms with Gasteiger partial charge in [0.15, 0.2) is 18.1 Å². The number of carbonyl (C=O) groups is 1. The van der Waals surface area contributed by atoms with Crippen molar-refractivity contribution in [2.75, 3.05) is 20.3 Å². The van der Waals surface area contributed by atoms with Crippen molar-refractivity contribution in [3.05, 3.63) is 46.6 Å². The molecule has 0 saturated heterocycles. The molecule has 0 aliphatic carbocycles. The highest BCUT2D eigenvalue weighted by Gasteiger charge is 2.38. The largest absolute Gasteiger partial charge is 0.493 e. The fraction of sp³-hybridized carbons (Fsp3) is 0.316. The van der Waals surface area contributed by atoms with Crippen LogP contribution >= 0.6 is 0 Å². The van der Waals surface area contributed by atoms with Gasteiger partial charge >= 0.3 is 5.97 Å². The SMILES string of the molecule is CCOC(=O)C1=C(C)OC(N)=C(C#N)C1c1cccc(OC)c1OCC#N. The summed E-state index contributed by atoms with van der Waals surface area (Å²) in [6.45, 7) is 3.15. The van der Waals surface area contributed by atoms with Gasteiger partial charge in [0.1, 0.15) is 23.5 Å². The van der Waals surface area contributed by atoms with Crippen molar-refractivity contribution in [1.82, 2.24) is 0 Å². The second kappa shape index (κ2) is 8.63. The molecule has 140 valence electrons. The Hall–Kier alpha value is -3.65. The van der Waals surface area contributed by atoms with Gasteiger partial charge in [-0.05, 0) is 19.9 Å². The summed E-state index contributed by atoms with van der Waals surface area (Å²) in [6, 6.07) is 8.89. The van der Waals surface area contributed by atoms with Crippen LogP contribution in [0.3, 0.4) is 0 Å². The highest BCUT2D eigenvalue weighted by molar-refractivity contribution is 5.93. The molecule has 0 saturated carbocycles. The van der Waals surface area contributed by atoms with Gasteiger partial charge in [0.25, 0.3) is 0 Å². The minimum absolute atomic E-state index is 0.0405. The third-order valence-electron chi connectivity index (χ3n) is 3.92. The van der Waals surface area contributed by atoms with E-state index in [0.717, 1.165) is 0 Å². The predicted octanol–water partition coefficient (Wildman–Crippen LogP) is 2.24. The molecule has 1 aromatic carbocycles. The number of rotatable bonds is 6. The van der Waals surface area contributed by atoms with Crippen LogP contribution in [-0.2, 0) is 14.3 Å². The fourth-order valence-electron chi connectivity index (χ4n) is 2.85. The molecule has 1 aliphatic heterocycles. The molecule has 1 atom stereocenters. The minimum Gasteiger partial charge on any atom is -0.493 e. The van der Waals surface area contributed by atoms with Crippen LogP contribution in [-0.4, -0.2) is 26.3 Å². The number of carbonyl (C=O) groups excluding carboxylic acids is 1. The average molecular weight is 369 g/mol. The number of methoxy groups -OCH3 is 1. The highest BCUT2D eigenvalue weighted by atomic mass is 16.5. The van der Waals surface area contributed by atoms with E-state index in [1.54, 1.807) is 32.0 Å². The molecule has 0 spiro atoms. The Labute approximate surface area is 157 Å². The molecule has 1 heterocycles. The van der Waals surface area contributed by atoms with Crippen LogP contribution < -0.4 is 15.2 Å². The number of allylic oxidation sites excluding steroid dienone is 2. The van der Waals surface area contributed by atoms with Crippen LogP contribution in [0.25, 0.3) is 0 Å². The third-order valence-corrected chi connectivity index (χ3v) is 3.92. The predicted molar refractivity (Wildman–Crippen MR) is 94.1 cm³/mol. The normalized spacial score (nSPS) is 16.1. The van der Waals surface area contributed by atoms with Gasteiger partial charge in [-0.1, -0.05) is 12.1 Å². The van der Waals surface area contributed by atoms with Gasteiger partial charge in [0, 0.05) is 5.56 Å². The number of benzene rings is 1. The Morgan fingerprint density at radius 1 is 1.37 bits per heavy atom. The first-order chi connectivity index (χ1) is 13.0. The lowest BCUT2D eigenvalue weighted by Crippen LogP contribution is -2.26. The van der Waals surface area contributed by atoms with Gasteiger partial charge in [-0.2, -0.15) is 10.5 Å². The summed E-state index contributed by atoms with van der Waals surface area (Å²) in [7, 11) is 1.45. The Balaban J connectivity index is 2.74. The van der Waals surface area contributed by atoms with E-state index < -0.39 is 11.9 Å². The van der Waals surface area contributed by atoms with Gasteiger partial charge in [-0.15, -0.1) is 0 Å². The molecule has 1 unspecified atom stereocenters. The molecule has 27 heavy (non-hydrogen) atoms. The number of nitrogens with zero attached hydrogens (tertiary/aromatic N) is 2. The van der Waals surface area contributed by atoms with E-state index in [1.165, 1.54) is 7.11 Å². The van der Waals surface area contributed by atoms with E-state index in [9.17, 15) is 10.1 Å². The van der Waals surface area contributed by atoms with Gasteiger partial charge < -0.3 is 24.7 Å². The number of hydrogen-bond donors (Lipinski definition) is 1. The van der Waals surface area contributed by atoms with E-state index in [-0.39, 0.29) is 41.8 Å². The monoisotopic (exact) mass is 369 g/mol. The van der Waals surface area contributed by atoms with E-state index in [1.807, 2.05) is 12.1 Å². The maximum atomic E-state index is 12.6. The molecular weight excluding hydrogens is 350 g/mol. The molecule has 1 aliphatic rings. The minimum atomic E-state index is -0.883. The van der Waals surface area contributed by atoms with Gasteiger partial charge in [-0.25, -0.2) is 4.79 Å². The number of ether oxygens (including phenoxy) is 4. The molecule has 8 nitrogen and oxygen atoms in total. The smallest absolute Gasteiger partial charge is 0.338 e. The molecule has 0 fully saturated rings. The van der Waals surface area contributed by atoms with Crippen LogP contribution in [0.4, 0.5) is 0 Å². The summed E-state index contributed by atoms with van der Waals surface area (Å²) in [5.41, 5.74) is 6.51. The van der Waals surface area contributed by atoms with E-state index in [4.69, 9.17) is 29.9 Å².